The zero-order valence-electron chi connectivity index (χ0n) is 12.6. The lowest BCUT2D eigenvalue weighted by molar-refractivity contribution is 0.104. The Bertz CT molecular complexity index is 579. The van der Waals surface area contributed by atoms with Crippen molar-refractivity contribution in [1.29, 1.82) is 0 Å². The third-order valence-electron chi connectivity index (χ3n) is 3.53. The van der Waals surface area contributed by atoms with Gasteiger partial charge >= 0.3 is 0 Å². The van der Waals surface area contributed by atoms with Gasteiger partial charge in [0.1, 0.15) is 0 Å². The van der Waals surface area contributed by atoms with E-state index in [1.807, 2.05) is 48.5 Å². The lowest BCUT2D eigenvalue weighted by atomic mass is 10.0. The van der Waals surface area contributed by atoms with Crippen LogP contribution in [-0.4, -0.2) is 5.78 Å². The molecular formula is C20H22O. The first-order valence-electron chi connectivity index (χ1n) is 7.66. The van der Waals surface area contributed by atoms with Crippen molar-refractivity contribution >= 4 is 11.9 Å². The van der Waals surface area contributed by atoms with E-state index in [9.17, 15) is 4.79 Å². The summed E-state index contributed by atoms with van der Waals surface area (Å²) in [5.41, 5.74) is 3.11. The predicted molar refractivity (Wildman–Crippen MR) is 89.5 cm³/mol. The number of unbranched alkanes of at least 4 members (excludes halogenated alkanes) is 2. The summed E-state index contributed by atoms with van der Waals surface area (Å²) in [4.78, 5) is 12.1. The van der Waals surface area contributed by atoms with Gasteiger partial charge in [-0.3, -0.25) is 4.79 Å². The first-order valence-corrected chi connectivity index (χ1v) is 7.66. The molecule has 0 aromatic heterocycles. The van der Waals surface area contributed by atoms with Crippen LogP contribution >= 0.6 is 0 Å². The molecule has 0 radical (unpaired) electrons. The zero-order valence-corrected chi connectivity index (χ0v) is 12.6. The number of benzene rings is 2. The number of hydrogen-bond acceptors (Lipinski definition) is 1. The highest BCUT2D eigenvalue weighted by Crippen LogP contribution is 2.10. The van der Waals surface area contributed by atoms with Crippen LogP contribution < -0.4 is 0 Å². The summed E-state index contributed by atoms with van der Waals surface area (Å²) in [6.45, 7) is 2.21. The molecule has 2 aromatic carbocycles. The van der Waals surface area contributed by atoms with Gasteiger partial charge in [0.05, 0.1) is 0 Å². The fourth-order valence-electron chi connectivity index (χ4n) is 2.25. The molecule has 1 nitrogen and oxygen atoms in total. The van der Waals surface area contributed by atoms with E-state index in [4.69, 9.17) is 0 Å². The van der Waals surface area contributed by atoms with Crippen molar-refractivity contribution in [2.24, 2.45) is 0 Å². The predicted octanol–water partition coefficient (Wildman–Crippen LogP) is 5.32. The van der Waals surface area contributed by atoms with Crippen LogP contribution in [0.1, 0.15) is 47.7 Å². The maximum atomic E-state index is 12.1. The van der Waals surface area contributed by atoms with Crippen LogP contribution in [0.2, 0.25) is 0 Å². The molecule has 0 saturated heterocycles. The van der Waals surface area contributed by atoms with Crippen molar-refractivity contribution in [2.45, 2.75) is 32.6 Å². The van der Waals surface area contributed by atoms with E-state index in [0.29, 0.717) is 0 Å². The molecule has 0 amide bonds. The van der Waals surface area contributed by atoms with Crippen LogP contribution in [0, 0.1) is 0 Å². The SMILES string of the molecule is CCCCCc1ccc(C(=O)/C=C/c2ccccc2)cc1. The van der Waals surface area contributed by atoms with Crippen LogP contribution in [-0.2, 0) is 6.42 Å². The average Bonchev–Trinajstić information content (AvgIpc) is 2.54. The van der Waals surface area contributed by atoms with E-state index >= 15 is 0 Å². The molecule has 0 atom stereocenters. The summed E-state index contributed by atoms with van der Waals surface area (Å²) in [6.07, 6.45) is 8.32. The Hall–Kier alpha value is -2.15. The molecule has 0 spiro atoms. The number of allylic oxidation sites excluding steroid dienone is 1. The van der Waals surface area contributed by atoms with Gasteiger partial charge in [-0.2, -0.15) is 0 Å². The Labute approximate surface area is 127 Å². The summed E-state index contributed by atoms with van der Waals surface area (Å²) in [5, 5.41) is 0. The minimum absolute atomic E-state index is 0.0546. The summed E-state index contributed by atoms with van der Waals surface area (Å²) < 4.78 is 0. The van der Waals surface area contributed by atoms with Crippen molar-refractivity contribution in [2.75, 3.05) is 0 Å². The van der Waals surface area contributed by atoms with Gasteiger partial charge in [-0.05, 0) is 30.0 Å². The Kier molecular flexibility index (Phi) is 5.96. The molecule has 0 heterocycles. The Balaban J connectivity index is 1.95. The fourth-order valence-corrected chi connectivity index (χ4v) is 2.25. The normalized spacial score (nSPS) is 10.9. The largest absolute Gasteiger partial charge is 0.289 e. The second-order valence-corrected chi connectivity index (χ2v) is 5.26. The average molecular weight is 278 g/mol. The van der Waals surface area contributed by atoms with E-state index in [2.05, 4.69) is 19.1 Å². The van der Waals surface area contributed by atoms with Crippen molar-refractivity contribution in [3.05, 3.63) is 77.4 Å². The summed E-state index contributed by atoms with van der Waals surface area (Å²) in [5.74, 6) is 0.0546. The van der Waals surface area contributed by atoms with Gasteiger partial charge in [0, 0.05) is 5.56 Å². The highest BCUT2D eigenvalue weighted by atomic mass is 16.1. The number of rotatable bonds is 7. The standard InChI is InChI=1S/C20H22O/c1-2-3-5-8-18-11-14-19(15-12-18)20(21)16-13-17-9-6-4-7-10-17/h4,6-7,9-16H,2-3,5,8H2,1H3/b16-13+. The van der Waals surface area contributed by atoms with Gasteiger partial charge in [-0.1, -0.05) is 80.4 Å². The maximum absolute atomic E-state index is 12.1. The molecular weight excluding hydrogens is 256 g/mol. The van der Waals surface area contributed by atoms with Gasteiger partial charge < -0.3 is 0 Å². The molecule has 0 aliphatic carbocycles. The number of carbonyl (C=O) groups excluding carboxylic acids is 1. The Morgan fingerprint density at radius 3 is 2.33 bits per heavy atom. The lowest BCUT2D eigenvalue weighted by Gasteiger charge is -2.02. The number of aryl methyl sites for hydroxylation is 1. The second kappa shape index (κ2) is 8.21. The van der Waals surface area contributed by atoms with Crippen LogP contribution in [0.5, 0.6) is 0 Å². The van der Waals surface area contributed by atoms with E-state index in [1.54, 1.807) is 6.08 Å². The molecule has 2 aromatic rings. The zero-order chi connectivity index (χ0) is 14.9. The van der Waals surface area contributed by atoms with Crippen molar-refractivity contribution < 1.29 is 4.79 Å². The summed E-state index contributed by atoms with van der Waals surface area (Å²) >= 11 is 0. The third-order valence-corrected chi connectivity index (χ3v) is 3.53. The number of hydrogen-bond donors (Lipinski definition) is 0. The minimum Gasteiger partial charge on any atom is -0.289 e. The topological polar surface area (TPSA) is 17.1 Å². The van der Waals surface area contributed by atoms with E-state index in [-0.39, 0.29) is 5.78 Å². The lowest BCUT2D eigenvalue weighted by Crippen LogP contribution is -1.95. The van der Waals surface area contributed by atoms with E-state index in [0.717, 1.165) is 17.5 Å². The molecule has 0 fully saturated rings. The monoisotopic (exact) mass is 278 g/mol. The number of ketones is 1. The summed E-state index contributed by atoms with van der Waals surface area (Å²) in [7, 11) is 0. The Morgan fingerprint density at radius 2 is 1.67 bits per heavy atom. The third kappa shape index (κ3) is 5.03. The Morgan fingerprint density at radius 1 is 0.952 bits per heavy atom. The second-order valence-electron chi connectivity index (χ2n) is 5.26. The summed E-state index contributed by atoms with van der Waals surface area (Å²) in [6, 6.07) is 17.9. The quantitative estimate of drug-likeness (QED) is 0.381. The molecule has 0 N–H and O–H groups in total. The molecule has 0 bridgehead atoms. The van der Waals surface area contributed by atoms with Gasteiger partial charge in [0.15, 0.2) is 5.78 Å². The van der Waals surface area contributed by atoms with E-state index < -0.39 is 0 Å². The fraction of sp³-hybridized carbons (Fsp3) is 0.250. The first-order chi connectivity index (χ1) is 10.3. The molecule has 0 aliphatic heterocycles. The van der Waals surface area contributed by atoms with Gasteiger partial charge in [0.25, 0.3) is 0 Å². The molecule has 108 valence electrons. The van der Waals surface area contributed by atoms with Crippen LogP contribution in [0.25, 0.3) is 6.08 Å². The molecule has 0 aliphatic rings. The van der Waals surface area contributed by atoms with Crippen LogP contribution in [0.3, 0.4) is 0 Å². The first kappa shape index (κ1) is 15.2. The highest BCUT2D eigenvalue weighted by Gasteiger charge is 2.01. The van der Waals surface area contributed by atoms with Gasteiger partial charge in [-0.25, -0.2) is 0 Å². The van der Waals surface area contributed by atoms with Crippen molar-refractivity contribution in [3.8, 4) is 0 Å². The van der Waals surface area contributed by atoms with Crippen molar-refractivity contribution in [1.82, 2.24) is 0 Å². The number of carbonyl (C=O) groups is 1. The van der Waals surface area contributed by atoms with Crippen molar-refractivity contribution in [3.63, 3.8) is 0 Å². The molecule has 21 heavy (non-hydrogen) atoms. The molecule has 2 rings (SSSR count). The smallest absolute Gasteiger partial charge is 0.185 e. The van der Waals surface area contributed by atoms with Crippen LogP contribution in [0.15, 0.2) is 60.7 Å². The molecule has 0 unspecified atom stereocenters. The van der Waals surface area contributed by atoms with Gasteiger partial charge in [0.2, 0.25) is 0 Å². The van der Waals surface area contributed by atoms with Gasteiger partial charge in [-0.15, -0.1) is 0 Å². The highest BCUT2D eigenvalue weighted by molar-refractivity contribution is 6.06. The minimum atomic E-state index is 0.0546. The molecule has 0 saturated carbocycles. The van der Waals surface area contributed by atoms with E-state index in [1.165, 1.54) is 24.8 Å². The van der Waals surface area contributed by atoms with Crippen LogP contribution in [0.4, 0.5) is 0 Å². The molecule has 1 heteroatoms. The maximum Gasteiger partial charge on any atom is 0.185 e.